The highest BCUT2D eigenvalue weighted by Gasteiger charge is 2.25. The Bertz CT molecular complexity index is 895. The monoisotopic (exact) mass is 451 g/mol. The Hall–Kier alpha value is -2.46. The molecular formula is C23H28F3N3O3. The third-order valence-corrected chi connectivity index (χ3v) is 5.32. The van der Waals surface area contributed by atoms with Crippen LogP contribution < -0.4 is 5.73 Å². The van der Waals surface area contributed by atoms with E-state index >= 15 is 0 Å². The van der Waals surface area contributed by atoms with E-state index in [2.05, 4.69) is 4.90 Å². The smallest absolute Gasteiger partial charge is 0.225 e. The second kappa shape index (κ2) is 11.4. The van der Waals surface area contributed by atoms with E-state index in [0.29, 0.717) is 32.4 Å². The number of amides is 1. The number of hydrogen-bond acceptors (Lipinski definition) is 5. The minimum atomic E-state index is -1.26. The Morgan fingerprint density at radius 1 is 1.12 bits per heavy atom. The lowest BCUT2D eigenvalue weighted by atomic mass is 10.0. The van der Waals surface area contributed by atoms with E-state index in [0.717, 1.165) is 11.6 Å². The number of nitrogens with two attached hydrogens (primary N) is 1. The molecule has 1 aliphatic rings. The molecule has 0 saturated carbocycles. The van der Waals surface area contributed by atoms with Crippen molar-refractivity contribution in [2.45, 2.75) is 25.1 Å². The average molecular weight is 451 g/mol. The lowest BCUT2D eigenvalue weighted by molar-refractivity contribution is -0.149. The van der Waals surface area contributed by atoms with Gasteiger partial charge in [0.2, 0.25) is 5.91 Å². The Balaban J connectivity index is 1.56. The molecule has 32 heavy (non-hydrogen) atoms. The molecule has 0 aromatic heterocycles. The van der Waals surface area contributed by atoms with Crippen molar-refractivity contribution in [2.75, 3.05) is 40.1 Å². The first-order chi connectivity index (χ1) is 15.3. The summed E-state index contributed by atoms with van der Waals surface area (Å²) in [5, 5.41) is 0. The standard InChI is InChI=1S/C23H28F3N3O3/c1-28(22(30)13-18(27)11-17-12-20(25)21(26)14-19(17)24)15-32-23(16-5-3-2-4-6-16)29-7-9-31-10-8-29/h2-6,12,14,18,23H,7-11,13,15,27H2,1H3/t18-,23-/m1/s1. The van der Waals surface area contributed by atoms with Gasteiger partial charge in [-0.05, 0) is 23.6 Å². The average Bonchev–Trinajstić information content (AvgIpc) is 2.79. The van der Waals surface area contributed by atoms with Gasteiger partial charge in [0.25, 0.3) is 0 Å². The first kappa shape index (κ1) is 24.2. The Kier molecular flexibility index (Phi) is 8.63. The normalized spacial score (nSPS) is 16.5. The van der Waals surface area contributed by atoms with Crippen molar-refractivity contribution in [1.29, 1.82) is 0 Å². The van der Waals surface area contributed by atoms with Gasteiger partial charge in [0.1, 0.15) is 18.8 Å². The van der Waals surface area contributed by atoms with Gasteiger partial charge in [-0.3, -0.25) is 9.69 Å². The second-order valence-electron chi connectivity index (χ2n) is 7.82. The van der Waals surface area contributed by atoms with Crippen molar-refractivity contribution in [1.82, 2.24) is 9.80 Å². The van der Waals surface area contributed by atoms with Crippen LogP contribution in [0.15, 0.2) is 42.5 Å². The van der Waals surface area contributed by atoms with E-state index < -0.39 is 23.5 Å². The lowest BCUT2D eigenvalue weighted by Crippen LogP contribution is -2.42. The van der Waals surface area contributed by atoms with Crippen LogP contribution in [0.5, 0.6) is 0 Å². The molecule has 2 aromatic rings. The molecule has 1 aliphatic heterocycles. The molecule has 2 atom stereocenters. The first-order valence-electron chi connectivity index (χ1n) is 10.5. The highest BCUT2D eigenvalue weighted by molar-refractivity contribution is 5.76. The highest BCUT2D eigenvalue weighted by atomic mass is 19.2. The summed E-state index contributed by atoms with van der Waals surface area (Å²) in [5.41, 5.74) is 6.88. The molecule has 6 nitrogen and oxygen atoms in total. The highest BCUT2D eigenvalue weighted by Crippen LogP contribution is 2.23. The zero-order chi connectivity index (χ0) is 23.1. The Morgan fingerprint density at radius 2 is 1.78 bits per heavy atom. The molecule has 0 bridgehead atoms. The fourth-order valence-corrected chi connectivity index (χ4v) is 3.55. The van der Waals surface area contributed by atoms with Gasteiger partial charge in [-0.2, -0.15) is 0 Å². The molecule has 1 heterocycles. The maximum Gasteiger partial charge on any atom is 0.225 e. The zero-order valence-corrected chi connectivity index (χ0v) is 18.0. The zero-order valence-electron chi connectivity index (χ0n) is 18.0. The maximum absolute atomic E-state index is 13.8. The summed E-state index contributed by atoms with van der Waals surface area (Å²) in [4.78, 5) is 16.1. The van der Waals surface area contributed by atoms with Gasteiger partial charge in [0.15, 0.2) is 11.6 Å². The molecule has 1 amide bonds. The molecule has 9 heteroatoms. The van der Waals surface area contributed by atoms with E-state index in [9.17, 15) is 18.0 Å². The summed E-state index contributed by atoms with van der Waals surface area (Å²) >= 11 is 0. The van der Waals surface area contributed by atoms with Crippen molar-refractivity contribution in [3.63, 3.8) is 0 Å². The fourth-order valence-electron chi connectivity index (χ4n) is 3.55. The van der Waals surface area contributed by atoms with Crippen LogP contribution in [-0.2, 0) is 20.7 Å². The molecule has 1 saturated heterocycles. The van der Waals surface area contributed by atoms with Crippen LogP contribution in [0.25, 0.3) is 0 Å². The number of ether oxygens (including phenoxy) is 2. The van der Waals surface area contributed by atoms with Crippen molar-refractivity contribution >= 4 is 5.91 Å². The predicted octanol–water partition coefficient (Wildman–Crippen LogP) is 2.83. The van der Waals surface area contributed by atoms with Crippen LogP contribution >= 0.6 is 0 Å². The van der Waals surface area contributed by atoms with Crippen molar-refractivity contribution in [3.8, 4) is 0 Å². The molecular weight excluding hydrogens is 423 g/mol. The number of rotatable bonds is 9. The van der Waals surface area contributed by atoms with Gasteiger partial charge >= 0.3 is 0 Å². The Morgan fingerprint density at radius 3 is 2.47 bits per heavy atom. The van der Waals surface area contributed by atoms with E-state index in [1.165, 1.54) is 4.90 Å². The van der Waals surface area contributed by atoms with Gasteiger partial charge in [-0.15, -0.1) is 0 Å². The van der Waals surface area contributed by atoms with E-state index in [1.807, 2.05) is 30.3 Å². The number of nitrogens with zero attached hydrogens (tertiary/aromatic N) is 2. The van der Waals surface area contributed by atoms with Gasteiger partial charge in [-0.25, -0.2) is 13.2 Å². The molecule has 0 aliphatic carbocycles. The molecule has 2 N–H and O–H groups in total. The van der Waals surface area contributed by atoms with Crippen LogP contribution in [0.4, 0.5) is 13.2 Å². The second-order valence-corrected chi connectivity index (χ2v) is 7.82. The number of benzene rings is 2. The molecule has 0 unspecified atom stereocenters. The minimum Gasteiger partial charge on any atom is -0.379 e. The van der Waals surface area contributed by atoms with Crippen molar-refractivity contribution in [3.05, 3.63) is 71.0 Å². The third kappa shape index (κ3) is 6.52. The molecule has 3 rings (SSSR count). The maximum atomic E-state index is 13.8. The third-order valence-electron chi connectivity index (χ3n) is 5.32. The SMILES string of the molecule is CN(CO[C@H](c1ccccc1)N1CCOCC1)C(=O)C[C@H](N)Cc1cc(F)c(F)cc1F. The number of carbonyl (C=O) groups excluding carboxylic acids is 1. The number of carbonyl (C=O) groups is 1. The molecule has 2 aromatic carbocycles. The van der Waals surface area contributed by atoms with Gasteiger partial charge in [-0.1, -0.05) is 30.3 Å². The van der Waals surface area contributed by atoms with Crippen LogP contribution in [0.2, 0.25) is 0 Å². The van der Waals surface area contributed by atoms with Crippen LogP contribution in [0.1, 0.15) is 23.8 Å². The van der Waals surface area contributed by atoms with Crippen LogP contribution in [-0.4, -0.2) is 61.8 Å². The van der Waals surface area contributed by atoms with Gasteiger partial charge in [0, 0.05) is 38.7 Å². The first-order valence-corrected chi connectivity index (χ1v) is 10.5. The van der Waals surface area contributed by atoms with Crippen LogP contribution in [0, 0.1) is 17.5 Å². The summed E-state index contributed by atoms with van der Waals surface area (Å²) in [7, 11) is 1.59. The summed E-state index contributed by atoms with van der Waals surface area (Å²) in [5.74, 6) is -3.60. The fraction of sp³-hybridized carbons (Fsp3) is 0.435. The summed E-state index contributed by atoms with van der Waals surface area (Å²) in [6.07, 6.45) is -0.518. The van der Waals surface area contributed by atoms with Gasteiger partial charge in [0.05, 0.1) is 13.2 Å². The summed E-state index contributed by atoms with van der Waals surface area (Å²) in [6, 6.07) is 10.2. The summed E-state index contributed by atoms with van der Waals surface area (Å²) in [6.45, 7) is 2.67. The minimum absolute atomic E-state index is 0.0298. The quantitative estimate of drug-likeness (QED) is 0.469. The molecule has 1 fully saturated rings. The van der Waals surface area contributed by atoms with E-state index in [1.54, 1.807) is 7.05 Å². The lowest BCUT2D eigenvalue weighted by Gasteiger charge is -2.35. The van der Waals surface area contributed by atoms with Crippen molar-refractivity contribution in [2.24, 2.45) is 5.73 Å². The number of hydrogen-bond donors (Lipinski definition) is 1. The largest absolute Gasteiger partial charge is 0.379 e. The number of halogens is 3. The molecule has 0 radical (unpaired) electrons. The van der Waals surface area contributed by atoms with Crippen LogP contribution in [0.3, 0.4) is 0 Å². The number of morpholine rings is 1. The van der Waals surface area contributed by atoms with Crippen molar-refractivity contribution < 1.29 is 27.4 Å². The Labute approximate surface area is 185 Å². The van der Waals surface area contributed by atoms with Gasteiger partial charge < -0.3 is 20.1 Å². The van der Waals surface area contributed by atoms with E-state index in [-0.39, 0.29) is 37.3 Å². The molecule has 0 spiro atoms. The summed E-state index contributed by atoms with van der Waals surface area (Å²) < 4.78 is 51.8. The van der Waals surface area contributed by atoms with E-state index in [4.69, 9.17) is 15.2 Å². The predicted molar refractivity (Wildman–Crippen MR) is 113 cm³/mol. The topological polar surface area (TPSA) is 68.0 Å². The molecule has 174 valence electrons.